The van der Waals surface area contributed by atoms with Crippen LogP contribution in [0.15, 0.2) is 24.3 Å². The van der Waals surface area contributed by atoms with E-state index < -0.39 is 0 Å². The summed E-state index contributed by atoms with van der Waals surface area (Å²) in [6, 6.07) is 7.12. The largest absolute Gasteiger partial charge is 0.370 e. The fourth-order valence-corrected chi connectivity index (χ4v) is 5.65. The highest BCUT2D eigenvalue weighted by atomic mass is 19.1. The Hall–Kier alpha value is -1.46. The smallest absolute Gasteiger partial charge is 0.161 e. The van der Waals surface area contributed by atoms with Crippen LogP contribution in [0.2, 0.25) is 0 Å². The molecule has 3 fully saturated rings. The molecule has 1 aromatic rings. The van der Waals surface area contributed by atoms with Gasteiger partial charge in [0.2, 0.25) is 0 Å². The molecule has 2 saturated heterocycles. The second-order valence-corrected chi connectivity index (χ2v) is 9.82. The van der Waals surface area contributed by atoms with Gasteiger partial charge >= 0.3 is 0 Å². The van der Waals surface area contributed by atoms with E-state index >= 15 is 0 Å². The van der Waals surface area contributed by atoms with Crippen LogP contribution in [0.3, 0.4) is 0 Å². The second-order valence-electron chi connectivity index (χ2n) is 9.82. The van der Waals surface area contributed by atoms with E-state index in [9.17, 15) is 9.18 Å². The van der Waals surface area contributed by atoms with Gasteiger partial charge in [-0.25, -0.2) is 4.39 Å². The van der Waals surface area contributed by atoms with Gasteiger partial charge in [-0.05, 0) is 56.2 Å². The lowest BCUT2D eigenvalue weighted by molar-refractivity contribution is -0.128. The zero-order valence-corrected chi connectivity index (χ0v) is 18.9. The highest BCUT2D eigenvalue weighted by Gasteiger charge is 2.25. The first-order valence-corrected chi connectivity index (χ1v) is 12.5. The molecule has 5 heteroatoms. The van der Waals surface area contributed by atoms with Crippen LogP contribution < -0.4 is 4.90 Å². The van der Waals surface area contributed by atoms with Crippen LogP contribution in [-0.2, 0) is 9.53 Å². The number of anilines is 1. The number of Topliss-reactive ketones (excluding diaryl/α,β-unsaturated/α-hetero) is 1. The topological polar surface area (TPSA) is 32.8 Å². The van der Waals surface area contributed by atoms with E-state index in [1.54, 1.807) is 12.1 Å². The third-order valence-corrected chi connectivity index (χ3v) is 7.71. The number of rotatable bonds is 9. The second kappa shape index (κ2) is 11.4. The van der Waals surface area contributed by atoms with Gasteiger partial charge in [-0.2, -0.15) is 0 Å². The maximum absolute atomic E-state index is 14.0. The van der Waals surface area contributed by atoms with Crippen molar-refractivity contribution < 1.29 is 13.9 Å². The highest BCUT2D eigenvalue weighted by molar-refractivity contribution is 5.83. The normalized spacial score (nSPS) is 27.5. The Morgan fingerprint density at radius 3 is 2.35 bits per heavy atom. The molecule has 1 aliphatic carbocycles. The Kier molecular flexibility index (Phi) is 8.37. The van der Waals surface area contributed by atoms with Crippen LogP contribution >= 0.6 is 0 Å². The molecule has 3 aliphatic rings. The predicted octanol–water partition coefficient (Wildman–Crippen LogP) is 5.06. The molecule has 0 N–H and O–H groups in total. The van der Waals surface area contributed by atoms with Crippen molar-refractivity contribution in [2.24, 2.45) is 11.8 Å². The first-order chi connectivity index (χ1) is 15.2. The number of hydrogen-bond donors (Lipinski definition) is 0. The van der Waals surface area contributed by atoms with Gasteiger partial charge in [0.15, 0.2) is 5.78 Å². The van der Waals surface area contributed by atoms with E-state index in [4.69, 9.17) is 4.74 Å². The molecule has 0 aromatic heterocycles. The van der Waals surface area contributed by atoms with Crippen LogP contribution in [0.4, 0.5) is 10.1 Å². The monoisotopic (exact) mass is 430 g/mol. The molecule has 1 atom stereocenters. The lowest BCUT2D eigenvalue weighted by Crippen LogP contribution is -2.47. The molecule has 4 nitrogen and oxygen atoms in total. The SMILES string of the molecule is O=C(CCCC1CCC(CCN2CCN(c3ccccc3F)CC2)CC1)C1CCCO1. The maximum Gasteiger partial charge on any atom is 0.161 e. The number of ether oxygens (including phenoxy) is 1. The van der Waals surface area contributed by atoms with Crippen molar-refractivity contribution in [3.05, 3.63) is 30.1 Å². The fraction of sp³-hybridized carbons (Fsp3) is 0.731. The fourth-order valence-electron chi connectivity index (χ4n) is 5.65. The molecule has 1 unspecified atom stereocenters. The summed E-state index contributed by atoms with van der Waals surface area (Å²) in [7, 11) is 0. The van der Waals surface area contributed by atoms with E-state index in [0.717, 1.165) is 69.6 Å². The number of ketones is 1. The molecule has 0 spiro atoms. The van der Waals surface area contributed by atoms with E-state index in [0.29, 0.717) is 12.2 Å². The summed E-state index contributed by atoms with van der Waals surface area (Å²) >= 11 is 0. The number of nitrogens with zero attached hydrogens (tertiary/aromatic N) is 2. The Morgan fingerprint density at radius 1 is 0.968 bits per heavy atom. The van der Waals surface area contributed by atoms with E-state index in [1.165, 1.54) is 45.1 Å². The Bertz CT molecular complexity index is 690. The van der Waals surface area contributed by atoms with Crippen molar-refractivity contribution in [1.29, 1.82) is 0 Å². The average Bonchev–Trinajstić information content (AvgIpc) is 3.35. The number of hydrogen-bond acceptors (Lipinski definition) is 4. The van der Waals surface area contributed by atoms with E-state index in [2.05, 4.69) is 9.80 Å². The average molecular weight is 431 g/mol. The van der Waals surface area contributed by atoms with E-state index in [1.807, 2.05) is 12.1 Å². The van der Waals surface area contributed by atoms with Crippen LogP contribution in [0, 0.1) is 17.7 Å². The third kappa shape index (κ3) is 6.52. The van der Waals surface area contributed by atoms with Gasteiger partial charge in [-0.15, -0.1) is 0 Å². The number of benzene rings is 1. The summed E-state index contributed by atoms with van der Waals surface area (Å²) in [4.78, 5) is 16.9. The number of carbonyl (C=O) groups excluding carboxylic acids is 1. The van der Waals surface area contributed by atoms with Crippen molar-refractivity contribution >= 4 is 11.5 Å². The zero-order valence-electron chi connectivity index (χ0n) is 18.9. The molecule has 1 saturated carbocycles. The molecule has 0 amide bonds. The standard InChI is InChI=1S/C26H39FN2O2/c27-23-6-1-2-7-24(23)29-18-16-28(17-19-29)15-14-22-12-10-21(11-13-22)5-3-8-25(30)26-9-4-20-31-26/h1-2,6-7,21-22,26H,3-5,8-20H2. The summed E-state index contributed by atoms with van der Waals surface area (Å²) in [6.45, 7) is 5.83. The van der Waals surface area contributed by atoms with Crippen LogP contribution in [0.25, 0.3) is 0 Å². The van der Waals surface area contributed by atoms with Gasteiger partial charge in [0.25, 0.3) is 0 Å². The molecular weight excluding hydrogens is 391 g/mol. The van der Waals surface area contributed by atoms with Gasteiger partial charge in [0, 0.05) is 39.2 Å². The number of halogens is 1. The van der Waals surface area contributed by atoms with Crippen LogP contribution in [0.5, 0.6) is 0 Å². The van der Waals surface area contributed by atoms with Crippen LogP contribution in [0.1, 0.15) is 64.2 Å². The van der Waals surface area contributed by atoms with E-state index in [-0.39, 0.29) is 11.9 Å². The summed E-state index contributed by atoms with van der Waals surface area (Å²) in [5, 5.41) is 0. The molecule has 0 radical (unpaired) electrons. The van der Waals surface area contributed by atoms with Gasteiger partial charge < -0.3 is 9.64 Å². The molecule has 0 bridgehead atoms. The van der Waals surface area contributed by atoms with Crippen molar-refractivity contribution in [3.8, 4) is 0 Å². The molecule has 1 aromatic carbocycles. The molecule has 2 heterocycles. The number of carbonyl (C=O) groups is 1. The summed E-state index contributed by atoms with van der Waals surface area (Å²) in [5.41, 5.74) is 0.748. The Morgan fingerprint density at radius 2 is 1.68 bits per heavy atom. The number of para-hydroxylation sites is 1. The number of piperazine rings is 1. The molecule has 2 aliphatic heterocycles. The highest BCUT2D eigenvalue weighted by Crippen LogP contribution is 2.34. The first-order valence-electron chi connectivity index (χ1n) is 12.5. The quantitative estimate of drug-likeness (QED) is 0.548. The molecular formula is C26H39FN2O2. The van der Waals surface area contributed by atoms with Crippen molar-refractivity contribution in [2.75, 3.05) is 44.2 Å². The predicted molar refractivity (Wildman–Crippen MR) is 123 cm³/mol. The maximum atomic E-state index is 14.0. The molecule has 172 valence electrons. The zero-order chi connectivity index (χ0) is 21.5. The van der Waals surface area contributed by atoms with Crippen molar-refractivity contribution in [1.82, 2.24) is 4.90 Å². The van der Waals surface area contributed by atoms with Crippen molar-refractivity contribution in [3.63, 3.8) is 0 Å². The Labute approximate surface area is 187 Å². The molecule has 4 rings (SSSR count). The Balaban J connectivity index is 1.07. The van der Waals surface area contributed by atoms with Crippen molar-refractivity contribution in [2.45, 2.75) is 70.3 Å². The van der Waals surface area contributed by atoms with Gasteiger partial charge in [-0.3, -0.25) is 9.69 Å². The molecule has 31 heavy (non-hydrogen) atoms. The van der Waals surface area contributed by atoms with Gasteiger partial charge in [-0.1, -0.05) is 44.2 Å². The van der Waals surface area contributed by atoms with Gasteiger partial charge in [0.05, 0.1) is 5.69 Å². The first kappa shape index (κ1) is 22.7. The summed E-state index contributed by atoms with van der Waals surface area (Å²) in [6.07, 6.45) is 11.5. The summed E-state index contributed by atoms with van der Waals surface area (Å²) < 4.78 is 19.5. The van der Waals surface area contributed by atoms with Gasteiger partial charge in [0.1, 0.15) is 11.9 Å². The summed E-state index contributed by atoms with van der Waals surface area (Å²) in [5.74, 6) is 1.90. The minimum Gasteiger partial charge on any atom is -0.370 e. The minimum atomic E-state index is -0.107. The van der Waals surface area contributed by atoms with Crippen LogP contribution in [-0.4, -0.2) is 56.1 Å². The lowest BCUT2D eigenvalue weighted by Gasteiger charge is -2.37. The lowest BCUT2D eigenvalue weighted by atomic mass is 9.78. The third-order valence-electron chi connectivity index (χ3n) is 7.71. The minimum absolute atomic E-state index is 0.0932.